The van der Waals surface area contributed by atoms with Gasteiger partial charge in [-0.15, -0.1) is 0 Å². The minimum absolute atomic E-state index is 0.00861. The Labute approximate surface area is 94.7 Å². The predicted molar refractivity (Wildman–Crippen MR) is 56.5 cm³/mol. The van der Waals surface area contributed by atoms with E-state index in [-0.39, 0.29) is 5.75 Å². The number of benzene rings is 1. The van der Waals surface area contributed by atoms with E-state index in [2.05, 4.69) is 15.9 Å². The maximum absolute atomic E-state index is 13.3. The average Bonchev–Trinajstić information content (AvgIpc) is 2.20. The lowest BCUT2D eigenvalue weighted by molar-refractivity contribution is -0.127. The number of amides is 1. The fourth-order valence-electron chi connectivity index (χ4n) is 0.932. The van der Waals surface area contributed by atoms with Crippen molar-refractivity contribution in [3.63, 3.8) is 0 Å². The number of halogens is 2. The third kappa shape index (κ3) is 3.17. The highest BCUT2D eigenvalue weighted by molar-refractivity contribution is 9.10. The highest BCUT2D eigenvalue weighted by Crippen LogP contribution is 2.22. The van der Waals surface area contributed by atoms with Gasteiger partial charge in [0.05, 0.1) is 0 Å². The molecule has 1 aromatic rings. The average molecular weight is 277 g/mol. The molecule has 0 aromatic heterocycles. The third-order valence-electron chi connectivity index (χ3n) is 1.71. The summed E-state index contributed by atoms with van der Waals surface area (Å²) in [6.45, 7) is 1.48. The van der Waals surface area contributed by atoms with E-state index in [0.717, 1.165) is 0 Å². The number of hydrogen-bond donors (Lipinski definition) is 2. The van der Waals surface area contributed by atoms with Crippen molar-refractivity contribution >= 4 is 21.8 Å². The van der Waals surface area contributed by atoms with E-state index in [1.54, 1.807) is 6.07 Å². The van der Waals surface area contributed by atoms with Crippen LogP contribution in [-0.4, -0.2) is 12.0 Å². The van der Waals surface area contributed by atoms with Gasteiger partial charge in [0.1, 0.15) is 0 Å². The maximum atomic E-state index is 13.3. The van der Waals surface area contributed by atoms with Crippen molar-refractivity contribution in [1.29, 1.82) is 0 Å². The van der Waals surface area contributed by atoms with Crippen LogP contribution in [0.1, 0.15) is 6.92 Å². The zero-order chi connectivity index (χ0) is 11.4. The van der Waals surface area contributed by atoms with Crippen LogP contribution in [0, 0.1) is 5.82 Å². The Morgan fingerprint density at radius 2 is 2.33 bits per heavy atom. The van der Waals surface area contributed by atoms with Crippen LogP contribution >= 0.6 is 15.9 Å². The van der Waals surface area contributed by atoms with Gasteiger partial charge in [0.2, 0.25) is 0 Å². The Balaban J connectivity index is 2.76. The highest BCUT2D eigenvalue weighted by Gasteiger charge is 2.15. The molecule has 0 fully saturated rings. The van der Waals surface area contributed by atoms with Crippen molar-refractivity contribution in [3.8, 4) is 5.75 Å². The molecule has 1 rings (SSSR count). The summed E-state index contributed by atoms with van der Waals surface area (Å²) in [7, 11) is 0. The molecule has 1 atom stereocenters. The van der Waals surface area contributed by atoms with Crippen LogP contribution in [0.5, 0.6) is 5.75 Å². The summed E-state index contributed by atoms with van der Waals surface area (Å²) in [6, 6.07) is 4.30. The molecule has 6 heteroatoms. The molecule has 15 heavy (non-hydrogen) atoms. The molecule has 0 radical (unpaired) electrons. The molecular formula is C9H10BrFN2O2. The second-order valence-corrected chi connectivity index (χ2v) is 3.76. The van der Waals surface area contributed by atoms with Crippen molar-refractivity contribution in [2.75, 3.05) is 0 Å². The van der Waals surface area contributed by atoms with Gasteiger partial charge in [0.25, 0.3) is 5.91 Å². The van der Waals surface area contributed by atoms with Gasteiger partial charge in [-0.3, -0.25) is 10.2 Å². The first-order valence-electron chi connectivity index (χ1n) is 4.16. The van der Waals surface area contributed by atoms with Gasteiger partial charge < -0.3 is 4.74 Å². The van der Waals surface area contributed by atoms with E-state index in [1.165, 1.54) is 19.1 Å². The number of nitrogens with two attached hydrogens (primary N) is 1. The van der Waals surface area contributed by atoms with E-state index in [9.17, 15) is 9.18 Å². The number of hydrogen-bond acceptors (Lipinski definition) is 3. The summed E-state index contributed by atoms with van der Waals surface area (Å²) in [4.78, 5) is 11.0. The first-order valence-corrected chi connectivity index (χ1v) is 4.96. The largest absolute Gasteiger partial charge is 0.478 e. The summed E-state index contributed by atoms with van der Waals surface area (Å²) in [6.07, 6.45) is -0.842. The molecule has 0 heterocycles. The van der Waals surface area contributed by atoms with Crippen molar-refractivity contribution in [1.82, 2.24) is 5.43 Å². The summed E-state index contributed by atoms with van der Waals surface area (Å²) in [5.41, 5.74) is 1.92. The SMILES string of the molecule is CC(Oc1ccc(Br)cc1F)C(=O)NN. The number of hydrazine groups is 1. The van der Waals surface area contributed by atoms with E-state index < -0.39 is 17.8 Å². The molecule has 4 nitrogen and oxygen atoms in total. The van der Waals surface area contributed by atoms with E-state index >= 15 is 0 Å². The van der Waals surface area contributed by atoms with Crippen LogP contribution in [0.4, 0.5) is 4.39 Å². The molecule has 0 aliphatic rings. The van der Waals surface area contributed by atoms with Crippen molar-refractivity contribution in [2.45, 2.75) is 13.0 Å². The van der Waals surface area contributed by atoms with Gasteiger partial charge in [-0.05, 0) is 25.1 Å². The molecule has 0 aliphatic heterocycles. The van der Waals surface area contributed by atoms with Crippen LogP contribution < -0.4 is 16.0 Å². The van der Waals surface area contributed by atoms with Gasteiger partial charge >= 0.3 is 0 Å². The molecule has 0 saturated carbocycles. The monoisotopic (exact) mass is 276 g/mol. The van der Waals surface area contributed by atoms with Gasteiger partial charge in [0, 0.05) is 4.47 Å². The Bertz CT molecular complexity index is 373. The van der Waals surface area contributed by atoms with Crippen LogP contribution in [0.25, 0.3) is 0 Å². The van der Waals surface area contributed by atoms with Gasteiger partial charge in [0.15, 0.2) is 17.7 Å². The van der Waals surface area contributed by atoms with Crippen molar-refractivity contribution in [3.05, 3.63) is 28.5 Å². The number of carbonyl (C=O) groups is 1. The Hall–Kier alpha value is -1.14. The van der Waals surface area contributed by atoms with Gasteiger partial charge in [-0.1, -0.05) is 15.9 Å². The Morgan fingerprint density at radius 3 is 2.87 bits per heavy atom. The molecule has 3 N–H and O–H groups in total. The van der Waals surface area contributed by atoms with E-state index in [0.29, 0.717) is 4.47 Å². The molecule has 1 unspecified atom stereocenters. The second-order valence-electron chi connectivity index (χ2n) is 2.84. The number of nitrogens with one attached hydrogen (secondary N) is 1. The van der Waals surface area contributed by atoms with Crippen LogP contribution in [0.15, 0.2) is 22.7 Å². The lowest BCUT2D eigenvalue weighted by atomic mass is 10.3. The number of ether oxygens (including phenoxy) is 1. The number of carbonyl (C=O) groups excluding carboxylic acids is 1. The lowest BCUT2D eigenvalue weighted by Gasteiger charge is -2.13. The maximum Gasteiger partial charge on any atom is 0.274 e. The quantitative estimate of drug-likeness (QED) is 0.498. The highest BCUT2D eigenvalue weighted by atomic mass is 79.9. The smallest absolute Gasteiger partial charge is 0.274 e. The summed E-state index contributed by atoms with van der Waals surface area (Å²) >= 11 is 3.11. The van der Waals surface area contributed by atoms with Crippen molar-refractivity contribution in [2.24, 2.45) is 5.84 Å². The molecule has 1 aromatic carbocycles. The second kappa shape index (κ2) is 5.09. The molecular weight excluding hydrogens is 267 g/mol. The predicted octanol–water partition coefficient (Wildman–Crippen LogP) is 1.35. The molecule has 0 saturated heterocycles. The summed E-state index contributed by atoms with van der Waals surface area (Å²) in [5.74, 6) is 3.86. The fraction of sp³-hybridized carbons (Fsp3) is 0.222. The molecule has 0 spiro atoms. The van der Waals surface area contributed by atoms with Crippen LogP contribution in [0.3, 0.4) is 0 Å². The van der Waals surface area contributed by atoms with Gasteiger partial charge in [-0.2, -0.15) is 0 Å². The summed E-state index contributed by atoms with van der Waals surface area (Å²) < 4.78 is 18.9. The van der Waals surface area contributed by atoms with Gasteiger partial charge in [-0.25, -0.2) is 10.2 Å². The minimum Gasteiger partial charge on any atom is -0.478 e. The number of rotatable bonds is 3. The Kier molecular flexibility index (Phi) is 4.05. The van der Waals surface area contributed by atoms with Crippen LogP contribution in [0.2, 0.25) is 0 Å². The normalized spacial score (nSPS) is 12.0. The first kappa shape index (κ1) is 11.9. The molecule has 0 bridgehead atoms. The minimum atomic E-state index is -0.842. The zero-order valence-electron chi connectivity index (χ0n) is 7.96. The summed E-state index contributed by atoms with van der Waals surface area (Å²) in [5, 5.41) is 0. The Morgan fingerprint density at radius 1 is 1.67 bits per heavy atom. The third-order valence-corrected chi connectivity index (χ3v) is 2.20. The van der Waals surface area contributed by atoms with E-state index in [4.69, 9.17) is 10.6 Å². The lowest BCUT2D eigenvalue weighted by Crippen LogP contribution is -2.40. The zero-order valence-corrected chi connectivity index (χ0v) is 9.55. The van der Waals surface area contributed by atoms with Crippen molar-refractivity contribution < 1.29 is 13.9 Å². The standard InChI is InChI=1S/C9H10BrFN2O2/c1-5(9(14)13-12)15-8-3-2-6(10)4-7(8)11/h2-5H,12H2,1H3,(H,13,14). The topological polar surface area (TPSA) is 64.3 Å². The first-order chi connectivity index (χ1) is 7.04. The molecule has 0 aliphatic carbocycles. The molecule has 82 valence electrons. The molecule has 1 amide bonds. The fourth-order valence-corrected chi connectivity index (χ4v) is 1.27. The van der Waals surface area contributed by atoms with E-state index in [1.807, 2.05) is 5.43 Å². The van der Waals surface area contributed by atoms with Crippen LogP contribution in [-0.2, 0) is 4.79 Å².